The molecule has 2 rings (SSSR count). The molecule has 2 heterocycles. The van der Waals surface area contributed by atoms with E-state index in [1.165, 1.54) is 18.3 Å². The van der Waals surface area contributed by atoms with E-state index in [4.69, 9.17) is 0 Å². The molecule has 6 nitrogen and oxygen atoms in total. The molecule has 0 spiro atoms. The van der Waals surface area contributed by atoms with Gasteiger partial charge in [-0.2, -0.15) is 5.10 Å². The maximum atomic E-state index is 12.3. The highest BCUT2D eigenvalue weighted by Crippen LogP contribution is 2.22. The van der Waals surface area contributed by atoms with Crippen molar-refractivity contribution in [3.8, 4) is 0 Å². The van der Waals surface area contributed by atoms with Crippen LogP contribution in [0.3, 0.4) is 0 Å². The van der Waals surface area contributed by atoms with Gasteiger partial charge in [0.2, 0.25) is 11.8 Å². The smallest absolute Gasteiger partial charge is 0.222 e. The normalized spacial score (nSPS) is 13.3. The van der Waals surface area contributed by atoms with E-state index in [9.17, 15) is 9.59 Å². The lowest BCUT2D eigenvalue weighted by Crippen LogP contribution is -2.34. The van der Waals surface area contributed by atoms with Gasteiger partial charge in [-0.25, -0.2) is 0 Å². The summed E-state index contributed by atoms with van der Waals surface area (Å²) in [6, 6.07) is 5.63. The molecule has 0 aliphatic rings. The van der Waals surface area contributed by atoms with E-state index in [0.29, 0.717) is 6.54 Å². The van der Waals surface area contributed by atoms with Gasteiger partial charge in [0.15, 0.2) is 0 Å². The van der Waals surface area contributed by atoms with E-state index < -0.39 is 0 Å². The van der Waals surface area contributed by atoms with Crippen LogP contribution in [0.4, 0.5) is 0 Å². The van der Waals surface area contributed by atoms with Crippen molar-refractivity contribution in [2.75, 3.05) is 6.54 Å². The van der Waals surface area contributed by atoms with Gasteiger partial charge in [0, 0.05) is 30.6 Å². The number of hydrogen-bond acceptors (Lipinski definition) is 4. The van der Waals surface area contributed by atoms with Crippen molar-refractivity contribution in [2.45, 2.75) is 46.7 Å². The molecule has 0 saturated heterocycles. The number of aryl methyl sites for hydroxylation is 2. The lowest BCUT2D eigenvalue weighted by Gasteiger charge is -2.18. The van der Waals surface area contributed by atoms with Crippen LogP contribution in [0.15, 0.2) is 23.6 Å². The Morgan fingerprint density at radius 2 is 2.12 bits per heavy atom. The van der Waals surface area contributed by atoms with Crippen LogP contribution < -0.4 is 10.6 Å². The molecule has 2 atom stereocenters. The Morgan fingerprint density at radius 1 is 1.36 bits per heavy atom. The SMILES string of the molecule is CC(=O)N[C@@H](CC(=O)NC[C@H](C)Cn1nc(C)cc1C)c1cccs1. The average molecular weight is 362 g/mol. The third kappa shape index (κ3) is 6.01. The van der Waals surface area contributed by atoms with Crippen molar-refractivity contribution < 1.29 is 9.59 Å². The van der Waals surface area contributed by atoms with Gasteiger partial charge in [0.25, 0.3) is 0 Å². The zero-order valence-electron chi connectivity index (χ0n) is 15.2. The number of aromatic nitrogens is 2. The van der Waals surface area contributed by atoms with Crippen LogP contribution in [-0.4, -0.2) is 28.1 Å². The van der Waals surface area contributed by atoms with Crippen LogP contribution in [0.5, 0.6) is 0 Å². The fourth-order valence-corrected chi connectivity index (χ4v) is 3.50. The number of nitrogens with zero attached hydrogens (tertiary/aromatic N) is 2. The molecule has 0 unspecified atom stereocenters. The van der Waals surface area contributed by atoms with Crippen LogP contribution >= 0.6 is 11.3 Å². The number of rotatable bonds is 8. The van der Waals surface area contributed by atoms with E-state index in [0.717, 1.165) is 22.8 Å². The highest BCUT2D eigenvalue weighted by molar-refractivity contribution is 7.10. The van der Waals surface area contributed by atoms with Crippen molar-refractivity contribution in [1.29, 1.82) is 0 Å². The molecular weight excluding hydrogens is 336 g/mol. The molecule has 2 aromatic rings. The van der Waals surface area contributed by atoms with Gasteiger partial charge < -0.3 is 10.6 Å². The summed E-state index contributed by atoms with van der Waals surface area (Å²) < 4.78 is 1.97. The Morgan fingerprint density at radius 3 is 2.68 bits per heavy atom. The van der Waals surface area contributed by atoms with Gasteiger partial charge in [0.1, 0.15) is 0 Å². The molecule has 0 aliphatic carbocycles. The second-order valence-electron chi connectivity index (χ2n) is 6.49. The van der Waals surface area contributed by atoms with Crippen LogP contribution in [-0.2, 0) is 16.1 Å². The van der Waals surface area contributed by atoms with E-state index in [1.54, 1.807) is 0 Å². The van der Waals surface area contributed by atoms with Crippen LogP contribution in [0.25, 0.3) is 0 Å². The molecule has 136 valence electrons. The lowest BCUT2D eigenvalue weighted by atomic mass is 10.1. The summed E-state index contributed by atoms with van der Waals surface area (Å²) in [5, 5.41) is 12.2. The van der Waals surface area contributed by atoms with Crippen molar-refractivity contribution in [3.63, 3.8) is 0 Å². The van der Waals surface area contributed by atoms with Crippen molar-refractivity contribution in [2.24, 2.45) is 5.92 Å². The minimum absolute atomic E-state index is 0.0626. The standard InChI is InChI=1S/C18H26N4O2S/c1-12(11-22-14(3)8-13(2)21-22)10-19-18(24)9-16(20-15(4)23)17-6-5-7-25-17/h5-8,12,16H,9-11H2,1-4H3,(H,19,24)(H,20,23)/t12-,16-/m0/s1. The van der Waals surface area contributed by atoms with Gasteiger partial charge in [-0.05, 0) is 37.3 Å². The summed E-state index contributed by atoms with van der Waals surface area (Å²) in [5.41, 5.74) is 2.13. The van der Waals surface area contributed by atoms with E-state index in [1.807, 2.05) is 42.1 Å². The first-order valence-electron chi connectivity index (χ1n) is 8.43. The molecule has 0 aromatic carbocycles. The van der Waals surface area contributed by atoms with Crippen LogP contribution in [0.2, 0.25) is 0 Å². The largest absolute Gasteiger partial charge is 0.356 e. The van der Waals surface area contributed by atoms with Crippen molar-refractivity contribution in [3.05, 3.63) is 39.8 Å². The average Bonchev–Trinajstić information content (AvgIpc) is 3.14. The summed E-state index contributed by atoms with van der Waals surface area (Å²) in [5.74, 6) is 0.0689. The molecule has 7 heteroatoms. The molecule has 0 fully saturated rings. The first-order chi connectivity index (χ1) is 11.8. The Labute approximate surface area is 152 Å². The van der Waals surface area contributed by atoms with Gasteiger partial charge >= 0.3 is 0 Å². The molecule has 2 N–H and O–H groups in total. The van der Waals surface area contributed by atoms with Gasteiger partial charge in [-0.15, -0.1) is 11.3 Å². The molecule has 25 heavy (non-hydrogen) atoms. The quantitative estimate of drug-likeness (QED) is 0.758. The summed E-state index contributed by atoms with van der Waals surface area (Å²) in [7, 11) is 0. The van der Waals surface area contributed by atoms with E-state index >= 15 is 0 Å². The Balaban J connectivity index is 1.84. The summed E-state index contributed by atoms with van der Waals surface area (Å²) in [6.45, 7) is 8.90. The maximum absolute atomic E-state index is 12.3. The fraction of sp³-hybridized carbons (Fsp3) is 0.500. The maximum Gasteiger partial charge on any atom is 0.222 e. The second kappa shape index (κ2) is 8.80. The predicted molar refractivity (Wildman–Crippen MR) is 99.4 cm³/mol. The van der Waals surface area contributed by atoms with E-state index in [-0.39, 0.29) is 30.2 Å². The van der Waals surface area contributed by atoms with Crippen LogP contribution in [0, 0.1) is 19.8 Å². The number of carbonyl (C=O) groups excluding carboxylic acids is 2. The number of hydrogen-bond donors (Lipinski definition) is 2. The third-order valence-electron chi connectivity index (χ3n) is 3.89. The summed E-state index contributed by atoms with van der Waals surface area (Å²) >= 11 is 1.54. The number of thiophene rings is 1. The first kappa shape index (κ1) is 19.2. The number of nitrogens with one attached hydrogen (secondary N) is 2. The minimum Gasteiger partial charge on any atom is -0.356 e. The molecular formula is C18H26N4O2S. The fourth-order valence-electron chi connectivity index (χ4n) is 2.72. The van der Waals surface area contributed by atoms with Crippen molar-refractivity contribution in [1.82, 2.24) is 20.4 Å². The Bertz CT molecular complexity index is 709. The molecule has 0 saturated carbocycles. The lowest BCUT2D eigenvalue weighted by molar-refractivity contribution is -0.122. The Kier molecular flexibility index (Phi) is 6.75. The summed E-state index contributed by atoms with van der Waals surface area (Å²) in [6.07, 6.45) is 0.243. The van der Waals surface area contributed by atoms with Gasteiger partial charge in [-0.1, -0.05) is 13.0 Å². The first-order valence-corrected chi connectivity index (χ1v) is 9.31. The molecule has 0 aliphatic heterocycles. The summed E-state index contributed by atoms with van der Waals surface area (Å²) in [4.78, 5) is 24.7. The second-order valence-corrected chi connectivity index (χ2v) is 7.47. The predicted octanol–water partition coefficient (Wildman–Crippen LogP) is 2.58. The number of carbonyl (C=O) groups is 2. The molecule has 0 radical (unpaired) electrons. The zero-order valence-corrected chi connectivity index (χ0v) is 16.0. The highest BCUT2D eigenvalue weighted by atomic mass is 32.1. The molecule has 2 aromatic heterocycles. The van der Waals surface area contributed by atoms with Crippen LogP contribution in [0.1, 0.15) is 42.6 Å². The monoisotopic (exact) mass is 362 g/mol. The zero-order chi connectivity index (χ0) is 18.4. The highest BCUT2D eigenvalue weighted by Gasteiger charge is 2.18. The van der Waals surface area contributed by atoms with Gasteiger partial charge in [0.05, 0.1) is 18.2 Å². The third-order valence-corrected chi connectivity index (χ3v) is 4.88. The number of amides is 2. The molecule has 2 amide bonds. The van der Waals surface area contributed by atoms with Gasteiger partial charge in [-0.3, -0.25) is 14.3 Å². The minimum atomic E-state index is -0.274. The van der Waals surface area contributed by atoms with E-state index in [2.05, 4.69) is 22.7 Å². The topological polar surface area (TPSA) is 76.0 Å². The van der Waals surface area contributed by atoms with Crippen molar-refractivity contribution >= 4 is 23.2 Å². The Hall–Kier alpha value is -2.15. The molecule has 0 bridgehead atoms.